The van der Waals surface area contributed by atoms with Gasteiger partial charge >= 0.3 is 11.9 Å². The smallest absolute Gasteiger partial charge is 0.311 e. The molecule has 19 heavy (non-hydrogen) atoms. The second-order valence-corrected chi connectivity index (χ2v) is 5.42. The van der Waals surface area contributed by atoms with Crippen molar-refractivity contribution in [2.45, 2.75) is 40.9 Å². The molecule has 0 radical (unpaired) electrons. The van der Waals surface area contributed by atoms with Gasteiger partial charge in [0.15, 0.2) is 0 Å². The molecule has 1 aromatic carbocycles. The topological polar surface area (TPSA) is 52.6 Å². The maximum Gasteiger partial charge on any atom is 0.311 e. The molecule has 0 atom stereocenters. The van der Waals surface area contributed by atoms with E-state index in [1.54, 1.807) is 0 Å². The fourth-order valence-corrected chi connectivity index (χ4v) is 1.28. The van der Waals surface area contributed by atoms with Crippen molar-refractivity contribution >= 4 is 11.9 Å². The van der Waals surface area contributed by atoms with E-state index in [9.17, 15) is 9.59 Å². The third-order valence-electron chi connectivity index (χ3n) is 2.45. The van der Waals surface area contributed by atoms with Crippen molar-refractivity contribution in [3.63, 3.8) is 0 Å². The van der Waals surface area contributed by atoms with Crippen molar-refractivity contribution < 1.29 is 19.1 Å². The molecule has 0 spiro atoms. The summed E-state index contributed by atoms with van der Waals surface area (Å²) in [6.45, 7) is 7.34. The number of carbonyl (C=O) groups is 2. The summed E-state index contributed by atoms with van der Waals surface area (Å²) < 4.78 is 10.1. The van der Waals surface area contributed by atoms with Gasteiger partial charge in [-0.1, -0.05) is 24.3 Å². The van der Waals surface area contributed by atoms with Crippen LogP contribution in [0.5, 0.6) is 0 Å². The zero-order valence-corrected chi connectivity index (χ0v) is 11.9. The van der Waals surface area contributed by atoms with Crippen LogP contribution in [0.15, 0.2) is 24.3 Å². The van der Waals surface area contributed by atoms with Crippen LogP contribution in [0.1, 0.15) is 38.8 Å². The molecule has 104 valence electrons. The molecular formula is C15H20O4. The Hall–Kier alpha value is -1.84. The molecule has 0 aromatic heterocycles. The third kappa shape index (κ3) is 5.55. The van der Waals surface area contributed by atoms with Crippen molar-refractivity contribution in [2.24, 2.45) is 5.41 Å². The highest BCUT2D eigenvalue weighted by Crippen LogP contribution is 2.16. The lowest BCUT2D eigenvalue weighted by Crippen LogP contribution is -2.22. The number of ether oxygens (including phenoxy) is 2. The lowest BCUT2D eigenvalue weighted by atomic mass is 9.97. The van der Waals surface area contributed by atoms with Gasteiger partial charge in [0.2, 0.25) is 0 Å². The third-order valence-corrected chi connectivity index (χ3v) is 2.45. The van der Waals surface area contributed by atoms with Gasteiger partial charge in [0.05, 0.1) is 5.41 Å². The van der Waals surface area contributed by atoms with Crippen molar-refractivity contribution in [2.75, 3.05) is 0 Å². The van der Waals surface area contributed by atoms with Crippen LogP contribution in [-0.4, -0.2) is 11.9 Å². The monoisotopic (exact) mass is 264 g/mol. The quantitative estimate of drug-likeness (QED) is 0.785. The molecule has 0 fully saturated rings. The Morgan fingerprint density at radius 2 is 1.37 bits per heavy atom. The van der Waals surface area contributed by atoms with Gasteiger partial charge in [-0.15, -0.1) is 0 Å². The van der Waals surface area contributed by atoms with Crippen LogP contribution >= 0.6 is 0 Å². The van der Waals surface area contributed by atoms with Gasteiger partial charge in [-0.25, -0.2) is 0 Å². The summed E-state index contributed by atoms with van der Waals surface area (Å²) in [6.07, 6.45) is 0. The van der Waals surface area contributed by atoms with E-state index < -0.39 is 5.41 Å². The predicted octanol–water partition coefficient (Wildman–Crippen LogP) is 2.84. The van der Waals surface area contributed by atoms with Gasteiger partial charge < -0.3 is 9.47 Å². The molecule has 0 heterocycles. The highest BCUT2D eigenvalue weighted by atomic mass is 16.5. The Labute approximate surface area is 113 Å². The average Bonchev–Trinajstić information content (AvgIpc) is 2.33. The molecule has 0 saturated heterocycles. The molecular weight excluding hydrogens is 244 g/mol. The summed E-state index contributed by atoms with van der Waals surface area (Å²) in [5.74, 6) is -0.528. The summed E-state index contributed by atoms with van der Waals surface area (Å²) in [5.41, 5.74) is 1.32. The van der Waals surface area contributed by atoms with E-state index in [1.165, 1.54) is 6.92 Å². The second-order valence-electron chi connectivity index (χ2n) is 5.42. The Morgan fingerprint density at radius 1 is 0.947 bits per heavy atom. The van der Waals surface area contributed by atoms with Crippen LogP contribution in [0.4, 0.5) is 0 Å². The van der Waals surface area contributed by atoms with Crippen LogP contribution < -0.4 is 0 Å². The highest BCUT2D eigenvalue weighted by molar-refractivity contribution is 5.75. The van der Waals surface area contributed by atoms with Crippen molar-refractivity contribution in [3.05, 3.63) is 35.4 Å². The normalized spacial score (nSPS) is 10.9. The number of hydrogen-bond donors (Lipinski definition) is 0. The molecule has 1 rings (SSSR count). The molecule has 0 saturated carbocycles. The van der Waals surface area contributed by atoms with E-state index in [0.717, 1.165) is 11.1 Å². The number of esters is 2. The van der Waals surface area contributed by atoms with Gasteiger partial charge in [-0.2, -0.15) is 0 Å². The number of hydrogen-bond acceptors (Lipinski definition) is 4. The fraction of sp³-hybridized carbons (Fsp3) is 0.467. The minimum absolute atomic E-state index is 0.225. The van der Waals surface area contributed by atoms with Crippen LogP contribution in [0.3, 0.4) is 0 Å². The van der Waals surface area contributed by atoms with Gasteiger partial charge in [0.25, 0.3) is 0 Å². The largest absolute Gasteiger partial charge is 0.461 e. The van der Waals surface area contributed by atoms with Crippen LogP contribution in [0.25, 0.3) is 0 Å². The minimum Gasteiger partial charge on any atom is -0.461 e. The summed E-state index contributed by atoms with van der Waals surface area (Å²) >= 11 is 0. The standard InChI is InChI=1S/C15H20O4/c1-11(16)18-9-12-5-7-13(8-6-12)10-19-14(17)15(2,3)4/h5-8H,9-10H2,1-4H3. The first-order valence-corrected chi connectivity index (χ1v) is 6.17. The lowest BCUT2D eigenvalue weighted by molar-refractivity contribution is -0.154. The molecule has 0 N–H and O–H groups in total. The van der Waals surface area contributed by atoms with Gasteiger partial charge in [-0.05, 0) is 31.9 Å². The van der Waals surface area contributed by atoms with Crippen molar-refractivity contribution in [1.82, 2.24) is 0 Å². The number of rotatable bonds is 4. The average molecular weight is 264 g/mol. The Morgan fingerprint density at radius 3 is 1.74 bits per heavy atom. The summed E-state index contributed by atoms with van der Waals surface area (Å²) in [6, 6.07) is 7.41. The summed E-state index contributed by atoms with van der Waals surface area (Å²) in [4.78, 5) is 22.3. The van der Waals surface area contributed by atoms with Gasteiger partial charge in [0.1, 0.15) is 13.2 Å². The molecule has 1 aromatic rings. The molecule has 4 nitrogen and oxygen atoms in total. The first kappa shape index (κ1) is 15.2. The SMILES string of the molecule is CC(=O)OCc1ccc(COC(=O)C(C)(C)C)cc1. The summed E-state index contributed by atoms with van der Waals surface area (Å²) in [5, 5.41) is 0. The van der Waals surface area contributed by atoms with Gasteiger partial charge in [0, 0.05) is 6.92 Å². The molecule has 0 aliphatic heterocycles. The van der Waals surface area contributed by atoms with E-state index >= 15 is 0 Å². The molecule has 0 unspecified atom stereocenters. The maximum atomic E-state index is 11.6. The lowest BCUT2D eigenvalue weighted by Gasteiger charge is -2.16. The van der Waals surface area contributed by atoms with Gasteiger partial charge in [-0.3, -0.25) is 9.59 Å². The minimum atomic E-state index is -0.491. The zero-order valence-electron chi connectivity index (χ0n) is 11.9. The van der Waals surface area contributed by atoms with E-state index in [2.05, 4.69) is 0 Å². The maximum absolute atomic E-state index is 11.6. The number of carbonyl (C=O) groups excluding carboxylic acids is 2. The second kappa shape index (κ2) is 6.36. The fourth-order valence-electron chi connectivity index (χ4n) is 1.28. The van der Waals surface area contributed by atoms with E-state index in [-0.39, 0.29) is 25.2 Å². The molecule has 0 amide bonds. The van der Waals surface area contributed by atoms with Crippen molar-refractivity contribution in [3.8, 4) is 0 Å². The first-order valence-electron chi connectivity index (χ1n) is 6.17. The molecule has 0 aliphatic rings. The molecule has 0 bridgehead atoms. The van der Waals surface area contributed by atoms with E-state index in [0.29, 0.717) is 0 Å². The van der Waals surface area contributed by atoms with Crippen LogP contribution in [0, 0.1) is 5.41 Å². The highest BCUT2D eigenvalue weighted by Gasteiger charge is 2.22. The Bertz CT molecular complexity index is 440. The Kier molecular flexibility index (Phi) is 5.10. The van der Waals surface area contributed by atoms with Crippen LogP contribution in [0.2, 0.25) is 0 Å². The van der Waals surface area contributed by atoms with Crippen LogP contribution in [-0.2, 0) is 32.3 Å². The zero-order chi connectivity index (χ0) is 14.5. The van der Waals surface area contributed by atoms with E-state index in [1.807, 2.05) is 45.0 Å². The molecule has 0 aliphatic carbocycles. The number of benzene rings is 1. The summed E-state index contributed by atoms with van der Waals surface area (Å²) in [7, 11) is 0. The van der Waals surface area contributed by atoms with Crippen molar-refractivity contribution in [1.29, 1.82) is 0 Å². The molecule has 4 heteroatoms. The Balaban J connectivity index is 2.49. The first-order chi connectivity index (χ1) is 8.79. The predicted molar refractivity (Wildman–Crippen MR) is 71.2 cm³/mol. The van der Waals surface area contributed by atoms with E-state index in [4.69, 9.17) is 9.47 Å².